The predicted molar refractivity (Wildman–Crippen MR) is 68.4 cm³/mol. The van der Waals surface area contributed by atoms with E-state index < -0.39 is 21.8 Å². The maximum absolute atomic E-state index is 13.0. The number of aromatic carboxylic acids is 1. The third-order valence-corrected chi connectivity index (χ3v) is 3.72. The maximum Gasteiger partial charge on any atom is 0.335 e. The van der Waals surface area contributed by atoms with Gasteiger partial charge in [0.25, 0.3) is 10.0 Å². The third kappa shape index (κ3) is 3.09. The van der Waals surface area contributed by atoms with Gasteiger partial charge in [-0.05, 0) is 30.3 Å². The van der Waals surface area contributed by atoms with Gasteiger partial charge in [0, 0.05) is 11.9 Å². The second-order valence-electron chi connectivity index (χ2n) is 3.83. The lowest BCUT2D eigenvalue weighted by atomic mass is 10.2. The van der Waals surface area contributed by atoms with Crippen molar-refractivity contribution >= 4 is 21.7 Å². The van der Waals surface area contributed by atoms with Crippen LogP contribution in [0.1, 0.15) is 10.4 Å². The number of aromatic nitrogens is 1. The molecule has 8 heteroatoms. The summed E-state index contributed by atoms with van der Waals surface area (Å²) in [7, 11) is -3.97. The zero-order valence-corrected chi connectivity index (χ0v) is 10.8. The smallest absolute Gasteiger partial charge is 0.335 e. The van der Waals surface area contributed by atoms with Crippen molar-refractivity contribution < 1.29 is 22.7 Å². The number of nitrogens with zero attached hydrogens (tertiary/aromatic N) is 1. The van der Waals surface area contributed by atoms with Gasteiger partial charge in [-0.2, -0.15) is 0 Å². The van der Waals surface area contributed by atoms with Crippen LogP contribution in [-0.4, -0.2) is 24.5 Å². The van der Waals surface area contributed by atoms with Crippen molar-refractivity contribution in [2.75, 3.05) is 4.72 Å². The van der Waals surface area contributed by atoms with Crippen LogP contribution in [0.5, 0.6) is 0 Å². The molecule has 1 heterocycles. The number of pyridine rings is 1. The van der Waals surface area contributed by atoms with Gasteiger partial charge in [0.05, 0.1) is 11.8 Å². The molecule has 0 amide bonds. The molecule has 1 aromatic carbocycles. The Morgan fingerprint density at radius 3 is 2.40 bits per heavy atom. The van der Waals surface area contributed by atoms with Gasteiger partial charge in [-0.3, -0.25) is 9.71 Å². The Kier molecular flexibility index (Phi) is 3.66. The van der Waals surface area contributed by atoms with Crippen molar-refractivity contribution in [1.29, 1.82) is 0 Å². The van der Waals surface area contributed by atoms with Gasteiger partial charge in [0.1, 0.15) is 10.7 Å². The Balaban J connectivity index is 2.26. The summed E-state index contributed by atoms with van der Waals surface area (Å²) in [6.07, 6.45) is 1.90. The number of nitrogens with one attached hydrogen (secondary N) is 1. The normalized spacial score (nSPS) is 11.1. The fraction of sp³-hybridized carbons (Fsp3) is 0. The van der Waals surface area contributed by atoms with Crippen LogP contribution in [0.15, 0.2) is 47.6 Å². The van der Waals surface area contributed by atoms with Crippen LogP contribution in [-0.2, 0) is 10.0 Å². The van der Waals surface area contributed by atoms with Crippen LogP contribution in [0.4, 0.5) is 10.1 Å². The molecule has 0 radical (unpaired) electrons. The second-order valence-corrected chi connectivity index (χ2v) is 5.51. The number of rotatable bonds is 4. The highest BCUT2D eigenvalue weighted by Crippen LogP contribution is 2.16. The summed E-state index contributed by atoms with van der Waals surface area (Å²) in [6.45, 7) is 0. The summed E-state index contributed by atoms with van der Waals surface area (Å²) in [4.78, 5) is 13.8. The Labute approximate surface area is 114 Å². The molecule has 1 aromatic heterocycles. The Morgan fingerprint density at radius 1 is 1.20 bits per heavy atom. The molecule has 0 saturated heterocycles. The maximum atomic E-state index is 13.0. The largest absolute Gasteiger partial charge is 0.478 e. The average Bonchev–Trinajstić information content (AvgIpc) is 2.39. The molecule has 0 saturated carbocycles. The van der Waals surface area contributed by atoms with E-state index in [2.05, 4.69) is 9.71 Å². The SMILES string of the molecule is O=C(O)c1ccc(NS(=O)(=O)c2cncc(F)c2)cc1. The molecule has 0 aliphatic heterocycles. The number of sulfonamides is 1. The number of hydrogen-bond acceptors (Lipinski definition) is 4. The van der Waals surface area contributed by atoms with E-state index in [1.54, 1.807) is 0 Å². The number of carboxylic acids is 1. The minimum absolute atomic E-state index is 0.0281. The van der Waals surface area contributed by atoms with Gasteiger partial charge in [0.2, 0.25) is 0 Å². The lowest BCUT2D eigenvalue weighted by molar-refractivity contribution is 0.0697. The Hall–Kier alpha value is -2.48. The van der Waals surface area contributed by atoms with Crippen LogP contribution >= 0.6 is 0 Å². The summed E-state index contributed by atoms with van der Waals surface area (Å²) in [5, 5.41) is 8.73. The van der Waals surface area contributed by atoms with Crippen LogP contribution in [0.25, 0.3) is 0 Å². The summed E-state index contributed by atoms with van der Waals surface area (Å²) in [6, 6.07) is 5.94. The van der Waals surface area contributed by atoms with Crippen molar-refractivity contribution in [2.45, 2.75) is 4.90 Å². The molecule has 0 unspecified atom stereocenters. The van der Waals surface area contributed by atoms with E-state index in [4.69, 9.17) is 5.11 Å². The first-order chi connectivity index (χ1) is 9.38. The number of carboxylic acid groups (broad SMARTS) is 1. The number of halogens is 1. The summed E-state index contributed by atoms with van der Waals surface area (Å²) in [5.74, 6) is -1.89. The van der Waals surface area contributed by atoms with Gasteiger partial charge in [0.15, 0.2) is 0 Å². The lowest BCUT2D eigenvalue weighted by Gasteiger charge is -2.07. The van der Waals surface area contributed by atoms with Crippen LogP contribution in [0.3, 0.4) is 0 Å². The molecule has 2 aromatic rings. The van der Waals surface area contributed by atoms with E-state index >= 15 is 0 Å². The van der Waals surface area contributed by atoms with E-state index in [-0.39, 0.29) is 16.1 Å². The lowest BCUT2D eigenvalue weighted by Crippen LogP contribution is -2.13. The standard InChI is InChI=1S/C12H9FN2O4S/c13-9-5-11(7-14-6-9)20(18,19)15-10-3-1-8(2-4-10)12(16)17/h1-7,15H,(H,16,17). The molecule has 2 rings (SSSR count). The summed E-state index contributed by atoms with van der Waals surface area (Å²) in [5.41, 5.74) is 0.194. The monoisotopic (exact) mass is 296 g/mol. The minimum Gasteiger partial charge on any atom is -0.478 e. The van der Waals surface area contributed by atoms with Crippen LogP contribution < -0.4 is 4.72 Å². The van der Waals surface area contributed by atoms with Crippen molar-refractivity contribution in [2.24, 2.45) is 0 Å². The van der Waals surface area contributed by atoms with Crippen molar-refractivity contribution in [1.82, 2.24) is 4.98 Å². The topological polar surface area (TPSA) is 96.4 Å². The molecule has 0 atom stereocenters. The molecule has 0 aliphatic rings. The second kappa shape index (κ2) is 5.25. The van der Waals surface area contributed by atoms with Gasteiger partial charge < -0.3 is 5.11 Å². The minimum atomic E-state index is -3.97. The fourth-order valence-electron chi connectivity index (χ4n) is 1.43. The van der Waals surface area contributed by atoms with E-state index in [1.807, 2.05) is 0 Å². The van der Waals surface area contributed by atoms with Crippen LogP contribution in [0, 0.1) is 5.82 Å². The van der Waals surface area contributed by atoms with E-state index in [9.17, 15) is 17.6 Å². The quantitative estimate of drug-likeness (QED) is 0.895. The molecule has 0 bridgehead atoms. The van der Waals surface area contributed by atoms with Gasteiger partial charge in [-0.15, -0.1) is 0 Å². The molecule has 104 valence electrons. The van der Waals surface area contributed by atoms with E-state index in [1.165, 1.54) is 24.3 Å². The predicted octanol–water partition coefficient (Wildman–Crippen LogP) is 1.72. The zero-order valence-electron chi connectivity index (χ0n) is 9.95. The molecule has 0 fully saturated rings. The number of carbonyl (C=O) groups is 1. The fourth-order valence-corrected chi connectivity index (χ4v) is 2.47. The average molecular weight is 296 g/mol. The third-order valence-electron chi connectivity index (χ3n) is 2.37. The van der Waals surface area contributed by atoms with Crippen molar-refractivity contribution in [3.05, 3.63) is 54.1 Å². The number of hydrogen-bond donors (Lipinski definition) is 2. The van der Waals surface area contributed by atoms with Crippen molar-refractivity contribution in [3.8, 4) is 0 Å². The first-order valence-corrected chi connectivity index (χ1v) is 6.83. The highest BCUT2D eigenvalue weighted by atomic mass is 32.2. The van der Waals surface area contributed by atoms with Gasteiger partial charge in [-0.25, -0.2) is 17.6 Å². The van der Waals surface area contributed by atoms with Crippen LogP contribution in [0.2, 0.25) is 0 Å². The molecule has 0 spiro atoms. The van der Waals surface area contributed by atoms with Gasteiger partial charge in [-0.1, -0.05) is 0 Å². The van der Waals surface area contributed by atoms with Gasteiger partial charge >= 0.3 is 5.97 Å². The Morgan fingerprint density at radius 2 is 1.85 bits per heavy atom. The molecular weight excluding hydrogens is 287 g/mol. The zero-order chi connectivity index (χ0) is 14.8. The highest BCUT2D eigenvalue weighted by Gasteiger charge is 2.15. The molecule has 6 nitrogen and oxygen atoms in total. The summed E-state index contributed by atoms with van der Waals surface area (Å²) < 4.78 is 39.0. The Bertz CT molecular complexity index is 744. The first kappa shape index (κ1) is 13.9. The molecule has 20 heavy (non-hydrogen) atoms. The number of anilines is 1. The van der Waals surface area contributed by atoms with Crippen molar-refractivity contribution in [3.63, 3.8) is 0 Å². The molecular formula is C12H9FN2O4S. The van der Waals surface area contributed by atoms with E-state index in [0.29, 0.717) is 0 Å². The van der Waals surface area contributed by atoms with E-state index in [0.717, 1.165) is 18.5 Å². The number of benzene rings is 1. The first-order valence-electron chi connectivity index (χ1n) is 5.35. The molecule has 0 aliphatic carbocycles. The summed E-state index contributed by atoms with van der Waals surface area (Å²) >= 11 is 0. The molecule has 2 N–H and O–H groups in total. The highest BCUT2D eigenvalue weighted by molar-refractivity contribution is 7.92.